The average Bonchev–Trinajstić information content (AvgIpc) is 3.02. The molecule has 0 radical (unpaired) electrons. The molecule has 1 amide bonds. The van der Waals surface area contributed by atoms with E-state index >= 15 is 0 Å². The predicted octanol–water partition coefficient (Wildman–Crippen LogP) is 0.816. The van der Waals surface area contributed by atoms with Crippen LogP contribution in [0.3, 0.4) is 0 Å². The average molecular weight is 291 g/mol. The highest BCUT2D eigenvalue weighted by Gasteiger charge is 2.61. The lowest BCUT2D eigenvalue weighted by Crippen LogP contribution is -2.24. The van der Waals surface area contributed by atoms with Crippen molar-refractivity contribution in [3.63, 3.8) is 0 Å². The van der Waals surface area contributed by atoms with Crippen LogP contribution in [0.4, 0.5) is 0 Å². The Kier molecular flexibility index (Phi) is 3.90. The molecule has 6 nitrogen and oxygen atoms in total. The van der Waals surface area contributed by atoms with Gasteiger partial charge in [0.15, 0.2) is 6.04 Å². The van der Waals surface area contributed by atoms with Crippen LogP contribution in [0.25, 0.3) is 0 Å². The fourth-order valence-electron chi connectivity index (χ4n) is 2.65. The number of hydrogen-bond acceptors (Lipinski definition) is 5. The van der Waals surface area contributed by atoms with E-state index in [1.165, 1.54) is 4.90 Å². The first-order chi connectivity index (χ1) is 10.2. The smallest absolute Gasteiger partial charge is 0.331 e. The van der Waals surface area contributed by atoms with Crippen LogP contribution in [0.15, 0.2) is 30.3 Å². The third-order valence-corrected chi connectivity index (χ3v) is 3.67. The van der Waals surface area contributed by atoms with E-state index in [0.29, 0.717) is 12.2 Å². The summed E-state index contributed by atoms with van der Waals surface area (Å²) in [5, 5.41) is 0. The number of esters is 1. The molecule has 112 valence electrons. The number of amides is 1. The summed E-state index contributed by atoms with van der Waals surface area (Å²) in [6, 6.07) is 8.00. The summed E-state index contributed by atoms with van der Waals surface area (Å²) < 4.78 is 15.6. The third kappa shape index (κ3) is 2.64. The van der Waals surface area contributed by atoms with E-state index in [1.54, 1.807) is 31.2 Å². The van der Waals surface area contributed by atoms with E-state index in [-0.39, 0.29) is 37.4 Å². The molecule has 0 spiro atoms. The van der Waals surface area contributed by atoms with Crippen LogP contribution in [-0.2, 0) is 19.0 Å². The molecule has 2 heterocycles. The molecule has 6 heteroatoms. The Hall–Kier alpha value is -1.92. The van der Waals surface area contributed by atoms with Crippen LogP contribution in [0.2, 0.25) is 0 Å². The molecule has 2 aliphatic heterocycles. The first kappa shape index (κ1) is 14.0. The molecule has 3 atom stereocenters. The highest BCUT2D eigenvalue weighted by molar-refractivity contribution is 6.01. The maximum absolute atomic E-state index is 12.5. The van der Waals surface area contributed by atoms with Crippen molar-refractivity contribution < 1.29 is 23.8 Å². The second-order valence-electron chi connectivity index (χ2n) is 4.96. The van der Waals surface area contributed by atoms with Crippen LogP contribution in [0.1, 0.15) is 17.3 Å². The second kappa shape index (κ2) is 5.83. The van der Waals surface area contributed by atoms with Crippen molar-refractivity contribution in [1.29, 1.82) is 0 Å². The summed E-state index contributed by atoms with van der Waals surface area (Å²) >= 11 is 0. The molecule has 0 unspecified atom stereocenters. The van der Waals surface area contributed by atoms with Gasteiger partial charge < -0.3 is 19.1 Å². The van der Waals surface area contributed by atoms with Gasteiger partial charge in [-0.3, -0.25) is 4.79 Å². The van der Waals surface area contributed by atoms with Gasteiger partial charge in [-0.2, -0.15) is 0 Å². The fraction of sp³-hybridized carbons (Fsp3) is 0.467. The lowest BCUT2D eigenvalue weighted by molar-refractivity contribution is -0.143. The number of benzene rings is 1. The number of carbonyl (C=O) groups is 2. The number of nitrogens with zero attached hydrogens (tertiary/aromatic N) is 1. The Morgan fingerprint density at radius 3 is 2.71 bits per heavy atom. The van der Waals surface area contributed by atoms with Gasteiger partial charge in [0.2, 0.25) is 0 Å². The van der Waals surface area contributed by atoms with E-state index < -0.39 is 6.04 Å². The summed E-state index contributed by atoms with van der Waals surface area (Å²) in [6.45, 7) is 2.62. The summed E-state index contributed by atoms with van der Waals surface area (Å²) in [4.78, 5) is 26.0. The quantitative estimate of drug-likeness (QED) is 0.607. The van der Waals surface area contributed by atoms with Crippen molar-refractivity contribution >= 4 is 11.9 Å². The highest BCUT2D eigenvalue weighted by Crippen LogP contribution is 2.36. The van der Waals surface area contributed by atoms with Gasteiger partial charge in [-0.15, -0.1) is 0 Å². The molecule has 1 aromatic rings. The number of hydrogen-bond donors (Lipinski definition) is 0. The molecule has 1 aromatic carbocycles. The number of rotatable bonds is 4. The molecule has 0 aromatic heterocycles. The summed E-state index contributed by atoms with van der Waals surface area (Å²) in [7, 11) is 0. The SMILES string of the molecule is CCOC(=O)[C@@H]1[C@H]([C@H]2COCO2)N1C(=O)c1ccccc1. The van der Waals surface area contributed by atoms with Gasteiger partial charge in [-0.1, -0.05) is 18.2 Å². The second-order valence-corrected chi connectivity index (χ2v) is 4.96. The number of ether oxygens (including phenoxy) is 3. The van der Waals surface area contributed by atoms with E-state index in [0.717, 1.165) is 0 Å². The minimum atomic E-state index is -0.579. The Bertz CT molecular complexity index is 526. The van der Waals surface area contributed by atoms with Gasteiger partial charge in [0.05, 0.1) is 19.3 Å². The Morgan fingerprint density at radius 1 is 1.33 bits per heavy atom. The van der Waals surface area contributed by atoms with Crippen molar-refractivity contribution in [1.82, 2.24) is 4.90 Å². The van der Waals surface area contributed by atoms with Crippen LogP contribution in [0.5, 0.6) is 0 Å². The van der Waals surface area contributed by atoms with E-state index in [2.05, 4.69) is 0 Å². The Balaban J connectivity index is 1.78. The van der Waals surface area contributed by atoms with Gasteiger partial charge in [0, 0.05) is 5.56 Å². The van der Waals surface area contributed by atoms with Crippen LogP contribution in [-0.4, -0.2) is 55.0 Å². The minimum Gasteiger partial charge on any atom is -0.464 e. The standard InChI is InChI=1S/C15H17NO5/c1-2-20-15(18)13-12(11-8-19-9-21-11)16(13)14(17)10-6-4-3-5-7-10/h3-7,11-13H,2,8-9H2,1H3/t11-,12+,13+,16?/m1/s1. The lowest BCUT2D eigenvalue weighted by atomic mass is 10.2. The first-order valence-corrected chi connectivity index (χ1v) is 6.97. The van der Waals surface area contributed by atoms with E-state index in [9.17, 15) is 9.59 Å². The normalized spacial score (nSPS) is 27.5. The molecule has 3 rings (SSSR count). The molecular weight excluding hydrogens is 274 g/mol. The van der Waals surface area contributed by atoms with Crippen molar-refractivity contribution in [3.05, 3.63) is 35.9 Å². The van der Waals surface area contributed by atoms with Crippen molar-refractivity contribution in [3.8, 4) is 0 Å². The zero-order valence-electron chi connectivity index (χ0n) is 11.7. The molecule has 21 heavy (non-hydrogen) atoms. The molecule has 0 bridgehead atoms. The van der Waals surface area contributed by atoms with E-state index in [1.807, 2.05) is 6.07 Å². The highest BCUT2D eigenvalue weighted by atomic mass is 16.7. The third-order valence-electron chi connectivity index (χ3n) is 3.67. The lowest BCUT2D eigenvalue weighted by Gasteiger charge is -2.07. The number of carbonyl (C=O) groups excluding carboxylic acids is 2. The molecule has 0 N–H and O–H groups in total. The Labute approximate surface area is 122 Å². The monoisotopic (exact) mass is 291 g/mol. The van der Waals surface area contributed by atoms with Gasteiger partial charge in [-0.25, -0.2) is 4.79 Å². The van der Waals surface area contributed by atoms with Crippen LogP contribution < -0.4 is 0 Å². The zero-order chi connectivity index (χ0) is 14.8. The Morgan fingerprint density at radius 2 is 2.10 bits per heavy atom. The molecular formula is C15H17NO5. The maximum atomic E-state index is 12.5. The minimum absolute atomic E-state index is 0.186. The van der Waals surface area contributed by atoms with Gasteiger partial charge in [-0.05, 0) is 19.1 Å². The molecule has 2 saturated heterocycles. The van der Waals surface area contributed by atoms with Gasteiger partial charge in [0.1, 0.15) is 12.9 Å². The predicted molar refractivity (Wildman–Crippen MR) is 72.5 cm³/mol. The summed E-state index contributed by atoms with van der Waals surface area (Å²) in [5.41, 5.74) is 0.549. The summed E-state index contributed by atoms with van der Waals surface area (Å²) in [5.74, 6) is -0.573. The van der Waals surface area contributed by atoms with Crippen molar-refractivity contribution in [2.24, 2.45) is 0 Å². The molecule has 2 fully saturated rings. The van der Waals surface area contributed by atoms with Crippen molar-refractivity contribution in [2.45, 2.75) is 25.1 Å². The first-order valence-electron chi connectivity index (χ1n) is 6.97. The topological polar surface area (TPSA) is 64.8 Å². The van der Waals surface area contributed by atoms with E-state index in [4.69, 9.17) is 14.2 Å². The van der Waals surface area contributed by atoms with Crippen LogP contribution >= 0.6 is 0 Å². The fourth-order valence-corrected chi connectivity index (χ4v) is 2.65. The summed E-state index contributed by atoms with van der Waals surface area (Å²) in [6.07, 6.45) is -0.271. The maximum Gasteiger partial charge on any atom is 0.331 e. The van der Waals surface area contributed by atoms with Gasteiger partial charge in [0.25, 0.3) is 5.91 Å². The molecule has 0 saturated carbocycles. The zero-order valence-corrected chi connectivity index (χ0v) is 11.7. The molecule has 0 aliphatic carbocycles. The van der Waals surface area contributed by atoms with Crippen molar-refractivity contribution in [2.75, 3.05) is 20.0 Å². The largest absolute Gasteiger partial charge is 0.464 e. The van der Waals surface area contributed by atoms with Gasteiger partial charge >= 0.3 is 5.97 Å². The van der Waals surface area contributed by atoms with Crippen LogP contribution in [0, 0.1) is 0 Å². The molecule has 2 aliphatic rings.